The standard InChI is InChI=1S/C23H23FN2O/c24-19-8-3-6-17(13-19)18-14-20-10-11-21(15-18)26(20)23(27)25-12-4-7-16-5-1-2-9-22(16)25/h1-3,5-6,8-9,13-14,20-21H,4,7,10-12,15H2. The Kier molecular flexibility index (Phi) is 4.00. The van der Waals surface area contributed by atoms with Gasteiger partial charge < -0.3 is 4.90 Å². The highest BCUT2D eigenvalue weighted by atomic mass is 19.1. The zero-order valence-corrected chi connectivity index (χ0v) is 15.3. The zero-order valence-electron chi connectivity index (χ0n) is 15.3. The average molecular weight is 362 g/mol. The predicted octanol–water partition coefficient (Wildman–Crippen LogP) is 5.02. The second-order valence-corrected chi connectivity index (χ2v) is 7.78. The summed E-state index contributed by atoms with van der Waals surface area (Å²) in [5.41, 5.74) is 4.44. The van der Waals surface area contributed by atoms with E-state index in [1.54, 1.807) is 12.1 Å². The van der Waals surface area contributed by atoms with Gasteiger partial charge in [-0.1, -0.05) is 36.4 Å². The van der Waals surface area contributed by atoms with Crippen molar-refractivity contribution in [3.8, 4) is 0 Å². The molecule has 2 amide bonds. The summed E-state index contributed by atoms with van der Waals surface area (Å²) in [6.07, 6.45) is 7.05. The highest BCUT2D eigenvalue weighted by Crippen LogP contribution is 2.40. The van der Waals surface area contributed by atoms with E-state index in [2.05, 4.69) is 23.1 Å². The number of urea groups is 1. The van der Waals surface area contributed by atoms with E-state index < -0.39 is 0 Å². The molecular weight excluding hydrogens is 339 g/mol. The minimum atomic E-state index is -0.204. The maximum Gasteiger partial charge on any atom is 0.325 e. The van der Waals surface area contributed by atoms with Crippen LogP contribution in [0.4, 0.5) is 14.9 Å². The normalized spacial score (nSPS) is 23.8. The Morgan fingerprint density at radius 2 is 1.96 bits per heavy atom. The number of amides is 2. The maximum absolute atomic E-state index is 13.6. The van der Waals surface area contributed by atoms with Crippen LogP contribution >= 0.6 is 0 Å². The van der Waals surface area contributed by atoms with E-state index in [-0.39, 0.29) is 23.9 Å². The minimum Gasteiger partial charge on any atom is -0.315 e. The first-order valence-electron chi connectivity index (χ1n) is 9.85. The van der Waals surface area contributed by atoms with E-state index >= 15 is 0 Å². The van der Waals surface area contributed by atoms with Crippen LogP contribution in [0.15, 0.2) is 54.6 Å². The van der Waals surface area contributed by atoms with Crippen LogP contribution in [0.2, 0.25) is 0 Å². The number of rotatable bonds is 1. The smallest absolute Gasteiger partial charge is 0.315 e. The van der Waals surface area contributed by atoms with Gasteiger partial charge in [-0.2, -0.15) is 0 Å². The van der Waals surface area contributed by atoms with Crippen LogP contribution in [-0.2, 0) is 6.42 Å². The molecule has 3 heterocycles. The van der Waals surface area contributed by atoms with Gasteiger partial charge in [-0.25, -0.2) is 9.18 Å². The molecule has 2 aromatic carbocycles. The SMILES string of the molecule is O=C(N1CCCc2ccccc21)N1C2C=C(c3cccc(F)c3)CC1CC2. The van der Waals surface area contributed by atoms with Crippen LogP contribution in [0.3, 0.4) is 0 Å². The second kappa shape index (κ2) is 6.52. The van der Waals surface area contributed by atoms with Crippen LogP contribution in [0, 0.1) is 5.82 Å². The molecule has 2 aromatic rings. The van der Waals surface area contributed by atoms with Gasteiger partial charge in [0.15, 0.2) is 0 Å². The summed E-state index contributed by atoms with van der Waals surface area (Å²) in [6, 6.07) is 15.5. The fourth-order valence-electron chi connectivity index (χ4n) is 4.90. The Morgan fingerprint density at radius 3 is 2.81 bits per heavy atom. The molecule has 3 aliphatic rings. The largest absolute Gasteiger partial charge is 0.325 e. The van der Waals surface area contributed by atoms with Crippen LogP contribution in [0.5, 0.6) is 0 Å². The molecule has 0 saturated carbocycles. The molecule has 0 aliphatic carbocycles. The third-order valence-corrected chi connectivity index (χ3v) is 6.15. The Morgan fingerprint density at radius 1 is 1.07 bits per heavy atom. The lowest BCUT2D eigenvalue weighted by atomic mass is 9.94. The molecule has 0 aromatic heterocycles. The molecule has 0 radical (unpaired) electrons. The number of anilines is 1. The summed E-state index contributed by atoms with van der Waals surface area (Å²) in [4.78, 5) is 17.5. The summed E-state index contributed by atoms with van der Waals surface area (Å²) in [5.74, 6) is -0.204. The Hall–Kier alpha value is -2.62. The minimum absolute atomic E-state index is 0.114. The number of carbonyl (C=O) groups is 1. The topological polar surface area (TPSA) is 23.6 Å². The van der Waals surface area contributed by atoms with Crippen molar-refractivity contribution in [1.29, 1.82) is 0 Å². The highest BCUT2D eigenvalue weighted by molar-refractivity contribution is 5.94. The summed E-state index contributed by atoms with van der Waals surface area (Å²) >= 11 is 0. The van der Waals surface area contributed by atoms with Crippen LogP contribution in [0.25, 0.3) is 5.57 Å². The number of hydrogen-bond acceptors (Lipinski definition) is 1. The first kappa shape index (κ1) is 16.5. The molecule has 5 rings (SSSR count). The van der Waals surface area contributed by atoms with Gasteiger partial charge in [-0.05, 0) is 67.0 Å². The molecule has 3 aliphatic heterocycles. The number of benzene rings is 2. The molecule has 0 N–H and O–H groups in total. The van der Waals surface area contributed by atoms with Crippen molar-refractivity contribution in [3.05, 3.63) is 71.6 Å². The van der Waals surface area contributed by atoms with E-state index in [4.69, 9.17) is 0 Å². The van der Waals surface area contributed by atoms with Crippen LogP contribution < -0.4 is 4.90 Å². The molecule has 1 fully saturated rings. The number of nitrogens with zero attached hydrogens (tertiary/aromatic N) is 2. The van der Waals surface area contributed by atoms with Crippen molar-refractivity contribution in [3.63, 3.8) is 0 Å². The quantitative estimate of drug-likeness (QED) is 0.699. The van der Waals surface area contributed by atoms with E-state index in [0.717, 1.165) is 49.9 Å². The van der Waals surface area contributed by atoms with Crippen molar-refractivity contribution in [2.45, 2.75) is 44.2 Å². The molecular formula is C23H23FN2O. The molecule has 138 valence electrons. The summed E-state index contributed by atoms with van der Waals surface area (Å²) in [6.45, 7) is 0.784. The van der Waals surface area contributed by atoms with Gasteiger partial charge in [0, 0.05) is 18.3 Å². The van der Waals surface area contributed by atoms with E-state index in [1.807, 2.05) is 23.1 Å². The van der Waals surface area contributed by atoms with Gasteiger partial charge in [-0.3, -0.25) is 4.90 Å². The van der Waals surface area contributed by atoms with Crippen molar-refractivity contribution in [1.82, 2.24) is 4.90 Å². The lowest BCUT2D eigenvalue weighted by Gasteiger charge is -2.39. The molecule has 1 saturated heterocycles. The van der Waals surface area contributed by atoms with Crippen molar-refractivity contribution in [2.24, 2.45) is 0 Å². The van der Waals surface area contributed by atoms with Crippen LogP contribution in [-0.4, -0.2) is 29.6 Å². The molecule has 27 heavy (non-hydrogen) atoms. The fraction of sp³-hybridized carbons (Fsp3) is 0.348. The van der Waals surface area contributed by atoms with Gasteiger partial charge in [-0.15, -0.1) is 0 Å². The second-order valence-electron chi connectivity index (χ2n) is 7.78. The van der Waals surface area contributed by atoms with Crippen molar-refractivity contribution < 1.29 is 9.18 Å². The van der Waals surface area contributed by atoms with Gasteiger partial charge in [0.1, 0.15) is 5.82 Å². The number of para-hydroxylation sites is 1. The number of carbonyl (C=O) groups excluding carboxylic acids is 1. The summed E-state index contributed by atoms with van der Waals surface area (Å²) in [5, 5.41) is 0. The van der Waals surface area contributed by atoms with Crippen molar-refractivity contribution >= 4 is 17.3 Å². The lowest BCUT2D eigenvalue weighted by Crippen LogP contribution is -2.51. The van der Waals surface area contributed by atoms with E-state index in [9.17, 15) is 9.18 Å². The zero-order chi connectivity index (χ0) is 18.4. The van der Waals surface area contributed by atoms with Crippen molar-refractivity contribution in [2.75, 3.05) is 11.4 Å². The molecule has 4 heteroatoms. The third-order valence-electron chi connectivity index (χ3n) is 6.15. The van der Waals surface area contributed by atoms with Crippen LogP contribution in [0.1, 0.15) is 36.8 Å². The molecule has 0 spiro atoms. The monoisotopic (exact) mass is 362 g/mol. The lowest BCUT2D eigenvalue weighted by molar-refractivity contribution is 0.186. The van der Waals surface area contributed by atoms with Gasteiger partial charge in [0.2, 0.25) is 0 Å². The summed E-state index contributed by atoms with van der Waals surface area (Å²) in [7, 11) is 0. The maximum atomic E-state index is 13.6. The number of halogens is 1. The third kappa shape index (κ3) is 2.84. The first-order chi connectivity index (χ1) is 13.2. The van der Waals surface area contributed by atoms with E-state index in [1.165, 1.54) is 17.2 Å². The Balaban J connectivity index is 1.44. The Labute approximate surface area is 159 Å². The van der Waals surface area contributed by atoms with Gasteiger partial charge >= 0.3 is 6.03 Å². The average Bonchev–Trinajstić information content (AvgIpc) is 2.96. The highest BCUT2D eigenvalue weighted by Gasteiger charge is 2.42. The first-order valence-corrected chi connectivity index (χ1v) is 9.85. The Bertz CT molecular complexity index is 922. The van der Waals surface area contributed by atoms with Gasteiger partial charge in [0.05, 0.1) is 6.04 Å². The number of hydrogen-bond donors (Lipinski definition) is 0. The van der Waals surface area contributed by atoms with Gasteiger partial charge in [0.25, 0.3) is 0 Å². The predicted molar refractivity (Wildman–Crippen MR) is 105 cm³/mol. The number of aryl methyl sites for hydroxylation is 1. The molecule has 2 bridgehead atoms. The molecule has 2 unspecified atom stereocenters. The number of fused-ring (bicyclic) bond motifs is 3. The summed E-state index contributed by atoms with van der Waals surface area (Å²) < 4.78 is 13.6. The fourth-order valence-corrected chi connectivity index (χ4v) is 4.90. The van der Waals surface area contributed by atoms with E-state index in [0.29, 0.717) is 0 Å². The molecule has 3 nitrogen and oxygen atoms in total. The molecule has 2 atom stereocenters.